The normalized spacial score (nSPS) is 19.8. The fraction of sp³-hybridized carbons (Fsp3) is 0.579. The monoisotopic (exact) mass is 454 g/mol. The number of hydrogen-bond acceptors (Lipinski definition) is 7. The third kappa shape index (κ3) is 4.55. The van der Waals surface area contributed by atoms with Gasteiger partial charge in [0.05, 0.1) is 16.5 Å². The molecule has 0 radical (unpaired) electrons. The summed E-state index contributed by atoms with van der Waals surface area (Å²) < 4.78 is 26.0. The Balaban J connectivity index is 1.34. The van der Waals surface area contributed by atoms with Gasteiger partial charge in [-0.2, -0.15) is 0 Å². The number of sulfonamides is 1. The number of nitrogens with zero attached hydrogens (tertiary/aromatic N) is 4. The van der Waals surface area contributed by atoms with Crippen LogP contribution in [-0.4, -0.2) is 80.3 Å². The number of thiazole rings is 1. The first-order chi connectivity index (χ1) is 13.8. The van der Waals surface area contributed by atoms with Crippen molar-refractivity contribution in [1.29, 1.82) is 0 Å². The summed E-state index contributed by atoms with van der Waals surface area (Å²) in [5, 5.41) is 1.02. The van der Waals surface area contributed by atoms with Gasteiger partial charge in [-0.05, 0) is 37.3 Å². The molecule has 1 aromatic heterocycles. The number of anilines is 1. The molecule has 0 unspecified atom stereocenters. The van der Waals surface area contributed by atoms with Crippen LogP contribution in [0.5, 0.6) is 0 Å². The number of piperidine rings is 1. The SMILES string of the molecule is CSc1ccc2nc(N3CCN(C(=O)C4CCN(S(C)(=O)=O)CC4)CC3)sc2c1. The predicted octanol–water partition coefficient (Wildman–Crippen LogP) is 2.34. The summed E-state index contributed by atoms with van der Waals surface area (Å²) in [6.07, 6.45) is 4.53. The average Bonchev–Trinajstić information content (AvgIpc) is 3.16. The van der Waals surface area contributed by atoms with Crippen molar-refractivity contribution in [2.24, 2.45) is 5.92 Å². The Labute approximate surface area is 180 Å². The number of carbonyl (C=O) groups excluding carboxylic acids is 1. The number of thioether (sulfide) groups is 1. The number of hydrogen-bond donors (Lipinski definition) is 0. The molecule has 0 bridgehead atoms. The molecule has 0 atom stereocenters. The molecule has 0 N–H and O–H groups in total. The lowest BCUT2D eigenvalue weighted by atomic mass is 9.96. The van der Waals surface area contributed by atoms with Crippen LogP contribution in [0.25, 0.3) is 10.2 Å². The summed E-state index contributed by atoms with van der Waals surface area (Å²) >= 11 is 3.44. The van der Waals surface area contributed by atoms with E-state index in [1.54, 1.807) is 23.1 Å². The number of amides is 1. The van der Waals surface area contributed by atoms with Gasteiger partial charge in [-0.15, -0.1) is 11.8 Å². The highest BCUT2D eigenvalue weighted by Gasteiger charge is 2.33. The van der Waals surface area contributed by atoms with Crippen LogP contribution in [0.4, 0.5) is 5.13 Å². The molecule has 3 heterocycles. The van der Waals surface area contributed by atoms with Gasteiger partial charge >= 0.3 is 0 Å². The van der Waals surface area contributed by atoms with Crippen LogP contribution in [0.2, 0.25) is 0 Å². The molecular formula is C19H26N4O3S3. The van der Waals surface area contributed by atoms with Gasteiger partial charge in [0.15, 0.2) is 5.13 Å². The first kappa shape index (κ1) is 20.9. The third-order valence-electron chi connectivity index (χ3n) is 5.72. The van der Waals surface area contributed by atoms with Gasteiger partial charge in [0.2, 0.25) is 15.9 Å². The third-order valence-corrected chi connectivity index (χ3v) is 8.83. The first-order valence-corrected chi connectivity index (χ1v) is 13.7. The van der Waals surface area contributed by atoms with E-state index in [9.17, 15) is 13.2 Å². The highest BCUT2D eigenvalue weighted by atomic mass is 32.2. The fourth-order valence-corrected chi connectivity index (χ4v) is 6.41. The highest BCUT2D eigenvalue weighted by molar-refractivity contribution is 7.98. The number of rotatable bonds is 4. The molecule has 2 aromatic rings. The minimum Gasteiger partial charge on any atom is -0.345 e. The molecule has 0 spiro atoms. The lowest BCUT2D eigenvalue weighted by Crippen LogP contribution is -2.52. The Morgan fingerprint density at radius 3 is 2.45 bits per heavy atom. The van der Waals surface area contributed by atoms with Gasteiger partial charge in [-0.1, -0.05) is 11.3 Å². The van der Waals surface area contributed by atoms with Gasteiger partial charge in [0, 0.05) is 50.1 Å². The molecule has 0 aliphatic carbocycles. The Morgan fingerprint density at radius 1 is 1.14 bits per heavy atom. The second-order valence-corrected chi connectivity index (χ2v) is 11.4. The van der Waals surface area contributed by atoms with E-state index in [-0.39, 0.29) is 11.8 Å². The van der Waals surface area contributed by atoms with Crippen LogP contribution in [0, 0.1) is 5.92 Å². The van der Waals surface area contributed by atoms with Crippen LogP contribution >= 0.6 is 23.1 Å². The second kappa shape index (κ2) is 8.41. The smallest absolute Gasteiger partial charge is 0.225 e. The van der Waals surface area contributed by atoms with E-state index in [0.29, 0.717) is 39.0 Å². The van der Waals surface area contributed by atoms with Gasteiger partial charge in [0.1, 0.15) is 0 Å². The van der Waals surface area contributed by atoms with Gasteiger partial charge in [-0.25, -0.2) is 17.7 Å². The summed E-state index contributed by atoms with van der Waals surface area (Å²) in [5.74, 6) is 0.110. The summed E-state index contributed by atoms with van der Waals surface area (Å²) in [5.41, 5.74) is 1.03. The molecule has 2 aliphatic heterocycles. The molecule has 1 aromatic carbocycles. The van der Waals surface area contributed by atoms with Crippen molar-refractivity contribution in [3.05, 3.63) is 18.2 Å². The Hall–Kier alpha value is -1.36. The number of aromatic nitrogens is 1. The van der Waals surface area contributed by atoms with E-state index in [1.165, 1.54) is 20.2 Å². The molecule has 2 fully saturated rings. The number of piperazine rings is 1. The van der Waals surface area contributed by atoms with Gasteiger partial charge in [-0.3, -0.25) is 4.79 Å². The Morgan fingerprint density at radius 2 is 1.83 bits per heavy atom. The van der Waals surface area contributed by atoms with Crippen LogP contribution < -0.4 is 4.90 Å². The van der Waals surface area contributed by atoms with Crippen LogP contribution in [0.15, 0.2) is 23.1 Å². The number of carbonyl (C=O) groups is 1. The summed E-state index contributed by atoms with van der Waals surface area (Å²) in [7, 11) is -3.16. The minimum absolute atomic E-state index is 0.0630. The van der Waals surface area contributed by atoms with E-state index in [2.05, 4.69) is 29.4 Å². The van der Waals surface area contributed by atoms with Crippen molar-refractivity contribution < 1.29 is 13.2 Å². The van der Waals surface area contributed by atoms with Crippen molar-refractivity contribution in [2.75, 3.05) is 56.7 Å². The quantitative estimate of drug-likeness (QED) is 0.661. The summed E-state index contributed by atoms with van der Waals surface area (Å²) in [6.45, 7) is 3.83. The molecular weight excluding hydrogens is 428 g/mol. The zero-order valence-corrected chi connectivity index (χ0v) is 19.2. The average molecular weight is 455 g/mol. The van der Waals surface area contributed by atoms with Crippen molar-refractivity contribution >= 4 is 54.4 Å². The molecule has 1 amide bonds. The molecule has 10 heteroatoms. The van der Waals surface area contributed by atoms with Crippen LogP contribution in [-0.2, 0) is 14.8 Å². The molecule has 4 rings (SSSR count). The highest BCUT2D eigenvalue weighted by Crippen LogP contribution is 2.32. The van der Waals surface area contributed by atoms with E-state index in [4.69, 9.17) is 4.98 Å². The molecule has 158 valence electrons. The maximum absolute atomic E-state index is 12.9. The molecule has 2 saturated heterocycles. The first-order valence-electron chi connectivity index (χ1n) is 9.78. The summed E-state index contributed by atoms with van der Waals surface area (Å²) in [4.78, 5) is 23.1. The van der Waals surface area contributed by atoms with Crippen LogP contribution in [0.1, 0.15) is 12.8 Å². The van der Waals surface area contributed by atoms with E-state index >= 15 is 0 Å². The van der Waals surface area contributed by atoms with Crippen LogP contribution in [0.3, 0.4) is 0 Å². The van der Waals surface area contributed by atoms with Gasteiger partial charge < -0.3 is 9.80 Å². The predicted molar refractivity (Wildman–Crippen MR) is 119 cm³/mol. The fourth-order valence-electron chi connectivity index (χ4n) is 3.97. The Bertz CT molecular complexity index is 991. The van der Waals surface area contributed by atoms with Crippen molar-refractivity contribution in [1.82, 2.24) is 14.2 Å². The molecule has 2 aliphatic rings. The molecule has 0 saturated carbocycles. The Kier molecular flexibility index (Phi) is 6.06. The molecule has 29 heavy (non-hydrogen) atoms. The van der Waals surface area contributed by atoms with E-state index in [0.717, 1.165) is 23.7 Å². The van der Waals surface area contributed by atoms with Crippen molar-refractivity contribution in [3.8, 4) is 0 Å². The zero-order valence-electron chi connectivity index (χ0n) is 16.7. The van der Waals surface area contributed by atoms with Crippen molar-refractivity contribution in [2.45, 2.75) is 17.7 Å². The summed E-state index contributed by atoms with van der Waals surface area (Å²) in [6, 6.07) is 6.36. The maximum atomic E-state index is 12.9. The minimum atomic E-state index is -3.16. The number of fused-ring (bicyclic) bond motifs is 1. The second-order valence-electron chi connectivity index (χ2n) is 7.58. The largest absolute Gasteiger partial charge is 0.345 e. The molecule has 7 nitrogen and oxygen atoms in total. The topological polar surface area (TPSA) is 73.8 Å². The van der Waals surface area contributed by atoms with E-state index in [1.807, 2.05) is 4.90 Å². The van der Waals surface area contributed by atoms with Crippen molar-refractivity contribution in [3.63, 3.8) is 0 Å². The number of benzene rings is 1. The van der Waals surface area contributed by atoms with Gasteiger partial charge in [0.25, 0.3) is 0 Å². The lowest BCUT2D eigenvalue weighted by Gasteiger charge is -2.38. The maximum Gasteiger partial charge on any atom is 0.225 e. The van der Waals surface area contributed by atoms with E-state index < -0.39 is 10.0 Å². The lowest BCUT2D eigenvalue weighted by molar-refractivity contribution is -0.137. The zero-order chi connectivity index (χ0) is 20.6. The standard InChI is InChI=1S/C19H26N4O3S3/c1-27-15-3-4-16-17(13-15)28-19(20-16)22-11-9-21(10-12-22)18(24)14-5-7-23(8-6-14)29(2,25)26/h3-4,13-14H,5-12H2,1-2H3.